The minimum Gasteiger partial charge on any atom is -0.296 e. The lowest BCUT2D eigenvalue weighted by Gasteiger charge is -2.17. The van der Waals surface area contributed by atoms with Crippen LogP contribution in [0.3, 0.4) is 0 Å². The molecule has 0 fully saturated rings. The third-order valence-corrected chi connectivity index (χ3v) is 3.55. The van der Waals surface area contributed by atoms with Crippen molar-refractivity contribution in [1.82, 2.24) is 9.88 Å². The summed E-state index contributed by atoms with van der Waals surface area (Å²) in [4.78, 5) is 6.79. The molecular formula is C15H17BrN2. The average Bonchev–Trinajstić information content (AvgIpc) is 2.32. The van der Waals surface area contributed by atoms with Crippen molar-refractivity contribution < 1.29 is 0 Å². The second-order valence-corrected chi connectivity index (χ2v) is 5.39. The van der Waals surface area contributed by atoms with E-state index in [1.165, 1.54) is 5.56 Å². The molecule has 2 aromatic rings. The zero-order valence-electron chi connectivity index (χ0n) is 10.7. The molecule has 0 N–H and O–H groups in total. The molecule has 3 heteroatoms. The summed E-state index contributed by atoms with van der Waals surface area (Å²) in [5.41, 5.74) is 3.49. The second kappa shape index (κ2) is 6.12. The van der Waals surface area contributed by atoms with Crippen molar-refractivity contribution in [3.63, 3.8) is 0 Å². The van der Waals surface area contributed by atoms with Gasteiger partial charge in [-0.25, -0.2) is 0 Å². The molecule has 1 heterocycles. The number of halogens is 1. The maximum atomic E-state index is 4.52. The highest BCUT2D eigenvalue weighted by molar-refractivity contribution is 9.10. The fraction of sp³-hybridized carbons (Fsp3) is 0.267. The Morgan fingerprint density at radius 3 is 2.56 bits per heavy atom. The Labute approximate surface area is 117 Å². The van der Waals surface area contributed by atoms with Gasteiger partial charge in [-0.2, -0.15) is 0 Å². The molecule has 1 aromatic heterocycles. The topological polar surface area (TPSA) is 16.1 Å². The summed E-state index contributed by atoms with van der Waals surface area (Å²) in [6.45, 7) is 3.80. The summed E-state index contributed by atoms with van der Waals surface area (Å²) in [5, 5.41) is 0. The van der Waals surface area contributed by atoms with E-state index < -0.39 is 0 Å². The van der Waals surface area contributed by atoms with E-state index in [0.29, 0.717) is 0 Å². The molecule has 0 bridgehead atoms. The summed E-state index contributed by atoms with van der Waals surface area (Å²) in [7, 11) is 2.11. The standard InChI is InChI=1S/C15H17BrN2/c1-12-6-5-8-14(17-12)11-18(2)10-13-7-3-4-9-15(13)16/h3-9H,10-11H2,1-2H3. The van der Waals surface area contributed by atoms with E-state index in [9.17, 15) is 0 Å². The van der Waals surface area contributed by atoms with Gasteiger partial charge in [0, 0.05) is 23.3 Å². The Hall–Kier alpha value is -1.19. The zero-order chi connectivity index (χ0) is 13.0. The molecule has 2 nitrogen and oxygen atoms in total. The Morgan fingerprint density at radius 1 is 1.06 bits per heavy atom. The molecule has 0 amide bonds. The largest absolute Gasteiger partial charge is 0.296 e. The van der Waals surface area contributed by atoms with Gasteiger partial charge < -0.3 is 0 Å². The van der Waals surface area contributed by atoms with Gasteiger partial charge >= 0.3 is 0 Å². The third kappa shape index (κ3) is 3.65. The van der Waals surface area contributed by atoms with Gasteiger partial charge in [0.1, 0.15) is 0 Å². The summed E-state index contributed by atoms with van der Waals surface area (Å²) in [5.74, 6) is 0. The van der Waals surface area contributed by atoms with Crippen molar-refractivity contribution in [3.8, 4) is 0 Å². The highest BCUT2D eigenvalue weighted by atomic mass is 79.9. The van der Waals surface area contributed by atoms with Crippen LogP contribution in [0.25, 0.3) is 0 Å². The van der Waals surface area contributed by atoms with Gasteiger partial charge in [0.25, 0.3) is 0 Å². The Bertz CT molecular complexity index is 525. The van der Waals surface area contributed by atoms with Crippen molar-refractivity contribution in [1.29, 1.82) is 0 Å². The Morgan fingerprint density at radius 2 is 1.83 bits per heavy atom. The molecule has 94 valence electrons. The van der Waals surface area contributed by atoms with Gasteiger partial charge in [-0.3, -0.25) is 9.88 Å². The fourth-order valence-corrected chi connectivity index (χ4v) is 2.35. The number of nitrogens with zero attached hydrogens (tertiary/aromatic N) is 2. The van der Waals surface area contributed by atoms with Gasteiger partial charge in [0.15, 0.2) is 0 Å². The van der Waals surface area contributed by atoms with E-state index in [1.807, 2.05) is 19.1 Å². The summed E-state index contributed by atoms with van der Waals surface area (Å²) in [6, 6.07) is 14.5. The lowest BCUT2D eigenvalue weighted by molar-refractivity contribution is 0.314. The first kappa shape index (κ1) is 13.2. The molecule has 0 radical (unpaired) electrons. The van der Waals surface area contributed by atoms with Crippen LogP contribution < -0.4 is 0 Å². The van der Waals surface area contributed by atoms with Gasteiger partial charge in [0.2, 0.25) is 0 Å². The predicted octanol–water partition coefficient (Wildman–Crippen LogP) is 3.78. The number of hydrogen-bond donors (Lipinski definition) is 0. The summed E-state index contributed by atoms with van der Waals surface area (Å²) in [6.07, 6.45) is 0. The second-order valence-electron chi connectivity index (χ2n) is 4.53. The predicted molar refractivity (Wildman–Crippen MR) is 78.3 cm³/mol. The van der Waals surface area contributed by atoms with E-state index in [1.54, 1.807) is 0 Å². The van der Waals surface area contributed by atoms with Gasteiger partial charge in [-0.05, 0) is 37.7 Å². The van der Waals surface area contributed by atoms with Crippen LogP contribution in [0.1, 0.15) is 17.0 Å². The van der Waals surface area contributed by atoms with Crippen LogP contribution in [-0.4, -0.2) is 16.9 Å². The average molecular weight is 305 g/mol. The molecule has 1 aromatic carbocycles. The van der Waals surface area contributed by atoms with E-state index >= 15 is 0 Å². The minimum atomic E-state index is 0.864. The van der Waals surface area contributed by atoms with Crippen LogP contribution in [0.4, 0.5) is 0 Å². The number of aryl methyl sites for hydroxylation is 1. The molecule has 0 aliphatic rings. The van der Waals surface area contributed by atoms with Gasteiger partial charge in [-0.15, -0.1) is 0 Å². The molecular weight excluding hydrogens is 288 g/mol. The first-order valence-electron chi connectivity index (χ1n) is 5.99. The number of rotatable bonds is 4. The molecule has 0 aliphatic heterocycles. The van der Waals surface area contributed by atoms with Crippen LogP contribution in [0, 0.1) is 6.92 Å². The van der Waals surface area contributed by atoms with Crippen molar-refractivity contribution in [2.75, 3.05) is 7.05 Å². The molecule has 2 rings (SSSR count). The highest BCUT2D eigenvalue weighted by Gasteiger charge is 2.05. The fourth-order valence-electron chi connectivity index (χ4n) is 1.94. The molecule has 0 spiro atoms. The molecule has 0 saturated carbocycles. The monoisotopic (exact) mass is 304 g/mol. The Kier molecular flexibility index (Phi) is 4.50. The number of hydrogen-bond acceptors (Lipinski definition) is 2. The highest BCUT2D eigenvalue weighted by Crippen LogP contribution is 2.17. The number of benzene rings is 1. The van der Waals surface area contributed by atoms with Crippen molar-refractivity contribution >= 4 is 15.9 Å². The van der Waals surface area contributed by atoms with Crippen LogP contribution in [-0.2, 0) is 13.1 Å². The molecule has 0 unspecified atom stereocenters. The molecule has 0 saturated heterocycles. The van der Waals surface area contributed by atoms with Gasteiger partial charge in [-0.1, -0.05) is 40.2 Å². The molecule has 18 heavy (non-hydrogen) atoms. The zero-order valence-corrected chi connectivity index (χ0v) is 12.3. The van der Waals surface area contributed by atoms with E-state index in [2.05, 4.69) is 63.2 Å². The maximum Gasteiger partial charge on any atom is 0.0547 e. The van der Waals surface area contributed by atoms with Crippen LogP contribution in [0.5, 0.6) is 0 Å². The lowest BCUT2D eigenvalue weighted by atomic mass is 10.2. The first-order chi connectivity index (χ1) is 8.65. The normalized spacial score (nSPS) is 10.9. The summed E-state index contributed by atoms with van der Waals surface area (Å²) < 4.78 is 1.16. The van der Waals surface area contributed by atoms with Crippen LogP contribution in [0.15, 0.2) is 46.9 Å². The maximum absolute atomic E-state index is 4.52. The minimum absolute atomic E-state index is 0.864. The van der Waals surface area contributed by atoms with Crippen molar-refractivity contribution in [2.45, 2.75) is 20.0 Å². The molecule has 0 atom stereocenters. The van der Waals surface area contributed by atoms with Crippen LogP contribution in [0.2, 0.25) is 0 Å². The quantitative estimate of drug-likeness (QED) is 0.854. The number of pyridine rings is 1. The van der Waals surface area contributed by atoms with Crippen molar-refractivity contribution in [3.05, 3.63) is 63.9 Å². The SMILES string of the molecule is Cc1cccc(CN(C)Cc2ccccc2Br)n1. The Balaban J connectivity index is 2.01. The van der Waals surface area contributed by atoms with Gasteiger partial charge in [0.05, 0.1) is 5.69 Å². The van der Waals surface area contributed by atoms with E-state index in [4.69, 9.17) is 0 Å². The van der Waals surface area contributed by atoms with E-state index in [-0.39, 0.29) is 0 Å². The number of aromatic nitrogens is 1. The molecule has 0 aliphatic carbocycles. The van der Waals surface area contributed by atoms with Crippen molar-refractivity contribution in [2.24, 2.45) is 0 Å². The first-order valence-corrected chi connectivity index (χ1v) is 6.79. The van der Waals surface area contributed by atoms with E-state index in [0.717, 1.165) is 29.0 Å². The van der Waals surface area contributed by atoms with Crippen LogP contribution >= 0.6 is 15.9 Å². The lowest BCUT2D eigenvalue weighted by Crippen LogP contribution is -2.18. The third-order valence-electron chi connectivity index (χ3n) is 2.78. The summed E-state index contributed by atoms with van der Waals surface area (Å²) >= 11 is 3.58. The smallest absolute Gasteiger partial charge is 0.0547 e.